The average Bonchev–Trinajstić information content (AvgIpc) is 2.22. The lowest BCUT2D eigenvalue weighted by Crippen LogP contribution is -2.27. The van der Waals surface area contributed by atoms with E-state index in [1.807, 2.05) is 34.6 Å². The van der Waals surface area contributed by atoms with Crippen molar-refractivity contribution in [2.75, 3.05) is 0 Å². The number of hydrogen-bond acceptors (Lipinski definition) is 0. The lowest BCUT2D eigenvalue weighted by Gasteiger charge is -2.26. The topological polar surface area (TPSA) is 0 Å². The first-order chi connectivity index (χ1) is 6.42. The molecule has 0 aromatic carbocycles. The van der Waals surface area contributed by atoms with Crippen LogP contribution < -0.4 is 0 Å². The van der Waals surface area contributed by atoms with Gasteiger partial charge in [-0.05, 0) is 24.8 Å². The molecule has 0 aliphatic heterocycles. The summed E-state index contributed by atoms with van der Waals surface area (Å²) in [5, 5.41) is 0. The summed E-state index contributed by atoms with van der Waals surface area (Å²) < 4.78 is 13.5. The highest BCUT2D eigenvalue weighted by atomic mass is 19.1. The number of hydrogen-bond donors (Lipinski definition) is 0. The zero-order chi connectivity index (χ0) is 12.4. The van der Waals surface area contributed by atoms with E-state index >= 15 is 0 Å². The maximum Gasteiger partial charge on any atom is 0.131 e. The Bertz CT molecular complexity index is 134. The van der Waals surface area contributed by atoms with Gasteiger partial charge in [0.05, 0.1) is 0 Å². The van der Waals surface area contributed by atoms with Crippen LogP contribution in [-0.2, 0) is 0 Å². The Labute approximate surface area is 89.9 Å². The molecule has 0 spiro atoms. The van der Waals surface area contributed by atoms with Crippen LogP contribution in [0.25, 0.3) is 0 Å². The summed E-state index contributed by atoms with van der Waals surface area (Å²) in [4.78, 5) is 0. The first kappa shape index (κ1) is 19.1. The van der Waals surface area contributed by atoms with Crippen molar-refractivity contribution in [3.8, 4) is 0 Å². The largest absolute Gasteiger partial charge is 0.239 e. The Morgan fingerprint density at radius 1 is 1.29 bits per heavy atom. The van der Waals surface area contributed by atoms with Crippen molar-refractivity contribution in [1.29, 1.82) is 0 Å². The van der Waals surface area contributed by atoms with Gasteiger partial charge in [0.25, 0.3) is 0 Å². The summed E-state index contributed by atoms with van der Waals surface area (Å²) in [6, 6.07) is 0. The molecule has 0 aromatic heterocycles. The molecule has 0 heterocycles. The highest BCUT2D eigenvalue weighted by Gasteiger charge is 2.29. The third kappa shape index (κ3) is 6.88. The fourth-order valence-corrected chi connectivity index (χ4v) is 0.754. The summed E-state index contributed by atoms with van der Waals surface area (Å²) in [6.45, 7) is 21.0. The van der Waals surface area contributed by atoms with Crippen molar-refractivity contribution in [3.63, 3.8) is 0 Å². The molecule has 0 aliphatic carbocycles. The van der Waals surface area contributed by atoms with Gasteiger partial charge in [-0.2, -0.15) is 0 Å². The van der Waals surface area contributed by atoms with Crippen LogP contribution in [0.15, 0.2) is 25.3 Å². The Hall–Kier alpha value is -0.590. The third-order valence-electron chi connectivity index (χ3n) is 2.20. The van der Waals surface area contributed by atoms with Gasteiger partial charge < -0.3 is 0 Å². The van der Waals surface area contributed by atoms with Crippen LogP contribution in [0, 0.1) is 5.92 Å². The lowest BCUT2D eigenvalue weighted by atomic mass is 9.86. The molecule has 0 saturated heterocycles. The zero-order valence-corrected chi connectivity index (χ0v) is 10.8. The van der Waals surface area contributed by atoms with Crippen LogP contribution in [0.1, 0.15) is 48.0 Å². The summed E-state index contributed by atoms with van der Waals surface area (Å²) in [5.41, 5.74) is -0.489. The summed E-state index contributed by atoms with van der Waals surface area (Å²) in [5.74, 6) is 0.0277. The van der Waals surface area contributed by atoms with Crippen molar-refractivity contribution >= 4 is 0 Å². The van der Waals surface area contributed by atoms with Gasteiger partial charge in [0.1, 0.15) is 5.67 Å². The molecule has 14 heavy (non-hydrogen) atoms. The van der Waals surface area contributed by atoms with Crippen molar-refractivity contribution in [2.24, 2.45) is 5.92 Å². The minimum atomic E-state index is -1.19. The van der Waals surface area contributed by atoms with Gasteiger partial charge >= 0.3 is 0 Å². The molecular weight excluding hydrogens is 175 g/mol. The highest BCUT2D eigenvalue weighted by molar-refractivity contribution is 5.11. The van der Waals surface area contributed by atoms with Crippen molar-refractivity contribution in [1.82, 2.24) is 0 Å². The third-order valence-corrected chi connectivity index (χ3v) is 2.20. The quantitative estimate of drug-likeness (QED) is 0.554. The predicted octanol–water partition coefficient (Wildman–Crippen LogP) is 5.17. The lowest BCUT2D eigenvalue weighted by molar-refractivity contribution is 0.165. The molecular formula is C13H27F. The smallest absolute Gasteiger partial charge is 0.131 e. The molecule has 0 amide bonds. The molecule has 0 nitrogen and oxygen atoms in total. The fourth-order valence-electron chi connectivity index (χ4n) is 0.754. The number of alkyl halides is 1. The Morgan fingerprint density at radius 3 is 1.64 bits per heavy atom. The number of rotatable bonds is 3. The summed E-state index contributed by atoms with van der Waals surface area (Å²) in [7, 11) is 0. The van der Waals surface area contributed by atoms with Gasteiger partial charge in [0.15, 0.2) is 0 Å². The predicted molar refractivity (Wildman–Crippen MR) is 66.4 cm³/mol. The maximum absolute atomic E-state index is 13.5. The van der Waals surface area contributed by atoms with E-state index in [0.29, 0.717) is 5.57 Å². The minimum Gasteiger partial charge on any atom is -0.239 e. The summed E-state index contributed by atoms with van der Waals surface area (Å²) >= 11 is 0. The minimum absolute atomic E-state index is 0.0277. The van der Waals surface area contributed by atoms with Crippen LogP contribution >= 0.6 is 0 Å². The molecule has 0 aliphatic rings. The van der Waals surface area contributed by atoms with Crippen LogP contribution in [-0.4, -0.2) is 5.67 Å². The van der Waals surface area contributed by atoms with E-state index in [0.717, 1.165) is 6.42 Å². The SMILES string of the molecule is C=C.C=C(CC)C(C)(F)C(C)C.CC. The molecule has 1 atom stereocenters. The monoisotopic (exact) mass is 202 g/mol. The molecule has 0 saturated carbocycles. The van der Waals surface area contributed by atoms with Gasteiger partial charge in [0.2, 0.25) is 0 Å². The molecule has 0 aromatic rings. The molecule has 0 N–H and O–H groups in total. The fraction of sp³-hybridized carbons (Fsp3) is 0.692. The Balaban J connectivity index is -0.000000266. The van der Waals surface area contributed by atoms with Gasteiger partial charge in [-0.3, -0.25) is 0 Å². The van der Waals surface area contributed by atoms with Crippen LogP contribution in [0.3, 0.4) is 0 Å². The molecule has 1 heteroatoms. The standard InChI is InChI=1S/C9H17F.C2H6.C2H4/c1-6-8(4)9(5,10)7(2)3;2*1-2/h7H,4,6H2,1-3,5H3;1-2H3;1-2H2. The van der Waals surface area contributed by atoms with Crippen LogP contribution in [0.4, 0.5) is 4.39 Å². The van der Waals surface area contributed by atoms with E-state index in [2.05, 4.69) is 19.7 Å². The van der Waals surface area contributed by atoms with Gasteiger partial charge in [-0.1, -0.05) is 41.2 Å². The van der Waals surface area contributed by atoms with Gasteiger partial charge in [-0.15, -0.1) is 13.2 Å². The van der Waals surface area contributed by atoms with Crippen molar-refractivity contribution in [2.45, 2.75) is 53.6 Å². The Morgan fingerprint density at radius 2 is 1.57 bits per heavy atom. The van der Waals surface area contributed by atoms with Crippen LogP contribution in [0.5, 0.6) is 0 Å². The molecule has 0 radical (unpaired) electrons. The van der Waals surface area contributed by atoms with E-state index in [4.69, 9.17) is 0 Å². The second-order valence-electron chi connectivity index (χ2n) is 3.19. The molecule has 0 fully saturated rings. The average molecular weight is 202 g/mol. The van der Waals surface area contributed by atoms with Gasteiger partial charge in [0, 0.05) is 0 Å². The zero-order valence-electron chi connectivity index (χ0n) is 10.8. The number of halogens is 1. The van der Waals surface area contributed by atoms with Crippen molar-refractivity contribution < 1.29 is 4.39 Å². The van der Waals surface area contributed by atoms with E-state index < -0.39 is 5.67 Å². The van der Waals surface area contributed by atoms with Crippen LogP contribution in [0.2, 0.25) is 0 Å². The Kier molecular flexibility index (Phi) is 14.3. The first-order valence-corrected chi connectivity index (χ1v) is 5.30. The molecule has 86 valence electrons. The second-order valence-corrected chi connectivity index (χ2v) is 3.19. The molecule has 1 unspecified atom stereocenters. The molecule has 0 bridgehead atoms. The van der Waals surface area contributed by atoms with E-state index in [9.17, 15) is 4.39 Å². The highest BCUT2D eigenvalue weighted by Crippen LogP contribution is 2.30. The van der Waals surface area contributed by atoms with E-state index in [1.165, 1.54) is 0 Å². The normalized spacial score (nSPS) is 12.9. The van der Waals surface area contributed by atoms with E-state index in [-0.39, 0.29) is 5.92 Å². The number of allylic oxidation sites excluding steroid dienone is 1. The van der Waals surface area contributed by atoms with Gasteiger partial charge in [-0.25, -0.2) is 4.39 Å². The van der Waals surface area contributed by atoms with Crippen molar-refractivity contribution in [3.05, 3.63) is 25.3 Å². The molecule has 0 rings (SSSR count). The maximum atomic E-state index is 13.5. The summed E-state index contributed by atoms with van der Waals surface area (Å²) in [6.07, 6.45) is 0.727. The second kappa shape index (κ2) is 10.5. The first-order valence-electron chi connectivity index (χ1n) is 5.30. The van der Waals surface area contributed by atoms with E-state index in [1.54, 1.807) is 6.92 Å².